The first-order chi connectivity index (χ1) is 12.3. The predicted octanol–water partition coefficient (Wildman–Crippen LogP) is 3.87. The van der Waals surface area contributed by atoms with Crippen LogP contribution in [-0.2, 0) is 16.0 Å². The van der Waals surface area contributed by atoms with Crippen LogP contribution in [0.5, 0.6) is 0 Å². The van der Waals surface area contributed by atoms with Gasteiger partial charge in [0.2, 0.25) is 0 Å². The van der Waals surface area contributed by atoms with Crippen LogP contribution < -0.4 is 5.73 Å². The van der Waals surface area contributed by atoms with E-state index in [9.17, 15) is 18.4 Å². The molecule has 7 nitrogen and oxygen atoms in total. The lowest BCUT2D eigenvalue weighted by Gasteiger charge is -2.29. The lowest BCUT2D eigenvalue weighted by molar-refractivity contribution is -0.0319. The van der Waals surface area contributed by atoms with E-state index in [4.69, 9.17) is 10.5 Å². The molecule has 0 spiro atoms. The number of amides is 1. The normalized spacial score (nSPS) is 11.1. The van der Waals surface area contributed by atoms with E-state index in [1.807, 2.05) is 13.8 Å². The molecular weight excluding hydrogens is 360 g/mol. The molecule has 0 unspecified atom stereocenters. The first kappa shape index (κ1) is 24.6. The van der Waals surface area contributed by atoms with Crippen molar-refractivity contribution in [3.63, 3.8) is 0 Å². The number of pyridine rings is 1. The average molecular weight is 389 g/mol. The van der Waals surface area contributed by atoms with Crippen LogP contribution in [0.1, 0.15) is 57.6 Å². The zero-order valence-electron chi connectivity index (χ0n) is 16.9. The summed E-state index contributed by atoms with van der Waals surface area (Å²) in [4.78, 5) is 28.5. The van der Waals surface area contributed by atoms with Gasteiger partial charge in [-0.15, -0.1) is 0 Å². The van der Waals surface area contributed by atoms with Crippen molar-refractivity contribution in [1.29, 1.82) is 0 Å². The number of nitrogens with two attached hydrogens (primary N) is 1. The third kappa shape index (κ3) is 9.16. The minimum absolute atomic E-state index is 0.0425. The number of alkyl halides is 2. The molecule has 1 aromatic rings. The molecule has 0 atom stereocenters. The van der Waals surface area contributed by atoms with E-state index in [-0.39, 0.29) is 23.5 Å². The minimum Gasteiger partial charge on any atom is -0.464 e. The van der Waals surface area contributed by atoms with Crippen molar-refractivity contribution in [3.8, 4) is 0 Å². The molecule has 1 aromatic heterocycles. The maximum absolute atomic E-state index is 13.5. The van der Waals surface area contributed by atoms with Crippen molar-refractivity contribution in [1.82, 2.24) is 9.88 Å². The van der Waals surface area contributed by atoms with Crippen molar-refractivity contribution >= 4 is 17.7 Å². The van der Waals surface area contributed by atoms with Gasteiger partial charge in [0.1, 0.15) is 11.3 Å². The number of ether oxygens (including phenoxy) is 2. The van der Waals surface area contributed by atoms with Gasteiger partial charge in [0.25, 0.3) is 5.92 Å². The summed E-state index contributed by atoms with van der Waals surface area (Å²) in [5, 5.41) is 0. The van der Waals surface area contributed by atoms with E-state index < -0.39 is 30.1 Å². The molecular formula is C18H29F2N3O4. The zero-order valence-corrected chi connectivity index (χ0v) is 16.9. The van der Waals surface area contributed by atoms with E-state index in [2.05, 4.69) is 9.72 Å². The number of hydrogen-bond acceptors (Lipinski definition) is 6. The summed E-state index contributed by atoms with van der Waals surface area (Å²) >= 11 is 0. The molecule has 0 fully saturated rings. The van der Waals surface area contributed by atoms with Crippen LogP contribution in [0.3, 0.4) is 0 Å². The Bertz CT molecular complexity index is 640. The summed E-state index contributed by atoms with van der Waals surface area (Å²) < 4.78 is 36.7. The molecule has 154 valence electrons. The number of carbonyl (C=O) groups excluding carboxylic acids is 2. The molecule has 0 aliphatic rings. The lowest BCUT2D eigenvalue weighted by atomic mass is 10.1. The molecule has 0 aliphatic heterocycles. The predicted molar refractivity (Wildman–Crippen MR) is 98.6 cm³/mol. The Hall–Kier alpha value is -2.45. The number of nitrogen functional groups attached to an aromatic ring is 1. The van der Waals surface area contributed by atoms with Crippen LogP contribution >= 0.6 is 0 Å². The fourth-order valence-electron chi connectivity index (χ4n) is 1.91. The van der Waals surface area contributed by atoms with Gasteiger partial charge < -0.3 is 15.2 Å². The minimum atomic E-state index is -3.14. The standard InChI is InChI=1S/C16H23F2N3O4.C2H6/c1-15(2,3)25-14(23)21(9-16(4,17)18)8-10-6-12(13(22)24-5)20-7-11(10)19;1-2/h6-7H,8-9,19H2,1-5H3;1-2H3. The summed E-state index contributed by atoms with van der Waals surface area (Å²) in [6.07, 6.45) is 0.295. The number of hydrogen-bond donors (Lipinski definition) is 1. The number of rotatable bonds is 5. The highest BCUT2D eigenvalue weighted by molar-refractivity contribution is 5.87. The summed E-state index contributed by atoms with van der Waals surface area (Å²) in [5.41, 5.74) is 5.34. The third-order valence-electron chi connectivity index (χ3n) is 2.90. The molecule has 0 saturated carbocycles. The summed E-state index contributed by atoms with van der Waals surface area (Å²) in [5.74, 6) is -3.84. The van der Waals surface area contributed by atoms with Gasteiger partial charge in [-0.25, -0.2) is 23.4 Å². The van der Waals surface area contributed by atoms with Crippen molar-refractivity contribution in [2.75, 3.05) is 19.4 Å². The number of anilines is 1. The van der Waals surface area contributed by atoms with Crippen molar-refractivity contribution < 1.29 is 27.8 Å². The highest BCUT2D eigenvalue weighted by atomic mass is 19.3. The average Bonchev–Trinajstić information content (AvgIpc) is 2.54. The second-order valence-electron chi connectivity index (χ2n) is 6.67. The van der Waals surface area contributed by atoms with Crippen LogP contribution in [0.2, 0.25) is 0 Å². The van der Waals surface area contributed by atoms with E-state index in [0.29, 0.717) is 6.92 Å². The highest BCUT2D eigenvalue weighted by Crippen LogP contribution is 2.21. The van der Waals surface area contributed by atoms with E-state index >= 15 is 0 Å². The van der Waals surface area contributed by atoms with Crippen LogP contribution in [0.15, 0.2) is 12.3 Å². The molecule has 2 N–H and O–H groups in total. The second kappa shape index (κ2) is 10.0. The maximum atomic E-state index is 13.5. The Labute approximate surface area is 158 Å². The van der Waals surface area contributed by atoms with Crippen LogP contribution in [0, 0.1) is 0 Å². The second-order valence-corrected chi connectivity index (χ2v) is 6.67. The number of carbonyl (C=O) groups is 2. The quantitative estimate of drug-likeness (QED) is 0.768. The van der Waals surface area contributed by atoms with Gasteiger partial charge in [0.15, 0.2) is 0 Å². The molecule has 1 amide bonds. The van der Waals surface area contributed by atoms with E-state index in [0.717, 1.165) is 4.90 Å². The van der Waals surface area contributed by atoms with Gasteiger partial charge in [-0.05, 0) is 32.4 Å². The molecule has 9 heteroatoms. The molecule has 1 heterocycles. The number of aromatic nitrogens is 1. The SMILES string of the molecule is CC.COC(=O)c1cc(CN(CC(C)(F)F)C(=O)OC(C)(C)C)c(N)cn1. The number of nitrogens with zero attached hydrogens (tertiary/aromatic N) is 2. The third-order valence-corrected chi connectivity index (χ3v) is 2.90. The Kier molecular flexibility index (Phi) is 9.12. The van der Waals surface area contributed by atoms with Crippen LogP contribution in [0.25, 0.3) is 0 Å². The zero-order chi connectivity index (χ0) is 21.4. The number of esters is 1. The van der Waals surface area contributed by atoms with Crippen LogP contribution in [-0.4, -0.2) is 47.1 Å². The largest absolute Gasteiger partial charge is 0.464 e. The Morgan fingerprint density at radius 3 is 2.22 bits per heavy atom. The Balaban J connectivity index is 0.00000326. The molecule has 1 rings (SSSR count). The number of methoxy groups -OCH3 is 1. The van der Waals surface area contributed by atoms with Gasteiger partial charge in [-0.3, -0.25) is 4.90 Å². The number of halogens is 2. The van der Waals surface area contributed by atoms with E-state index in [1.54, 1.807) is 20.8 Å². The first-order valence-corrected chi connectivity index (χ1v) is 8.51. The van der Waals surface area contributed by atoms with Crippen molar-refractivity contribution in [2.45, 2.75) is 59.6 Å². The van der Waals surface area contributed by atoms with E-state index in [1.165, 1.54) is 19.4 Å². The topological polar surface area (TPSA) is 94.8 Å². The highest BCUT2D eigenvalue weighted by Gasteiger charge is 2.31. The first-order valence-electron chi connectivity index (χ1n) is 8.51. The monoisotopic (exact) mass is 389 g/mol. The molecule has 0 bridgehead atoms. The van der Waals surface area contributed by atoms with Crippen molar-refractivity contribution in [3.05, 3.63) is 23.5 Å². The Morgan fingerprint density at radius 1 is 1.22 bits per heavy atom. The van der Waals surface area contributed by atoms with Gasteiger partial charge in [-0.2, -0.15) is 0 Å². The fraction of sp³-hybridized carbons (Fsp3) is 0.611. The van der Waals surface area contributed by atoms with Gasteiger partial charge in [0, 0.05) is 6.92 Å². The summed E-state index contributed by atoms with van der Waals surface area (Å²) in [6.45, 7) is 8.45. The summed E-state index contributed by atoms with van der Waals surface area (Å²) in [7, 11) is 1.19. The smallest absolute Gasteiger partial charge is 0.410 e. The molecule has 0 radical (unpaired) electrons. The fourth-order valence-corrected chi connectivity index (χ4v) is 1.91. The molecule has 0 saturated heterocycles. The molecule has 0 aromatic carbocycles. The van der Waals surface area contributed by atoms with Gasteiger partial charge in [0.05, 0.1) is 32.1 Å². The van der Waals surface area contributed by atoms with Crippen LogP contribution in [0.4, 0.5) is 19.3 Å². The summed E-state index contributed by atoms with van der Waals surface area (Å²) in [6, 6.07) is 1.30. The van der Waals surface area contributed by atoms with Crippen molar-refractivity contribution in [2.24, 2.45) is 0 Å². The molecule has 27 heavy (non-hydrogen) atoms. The Morgan fingerprint density at radius 2 is 1.78 bits per heavy atom. The molecule has 0 aliphatic carbocycles. The van der Waals surface area contributed by atoms with Gasteiger partial charge >= 0.3 is 12.1 Å². The maximum Gasteiger partial charge on any atom is 0.410 e. The lowest BCUT2D eigenvalue weighted by Crippen LogP contribution is -2.42. The van der Waals surface area contributed by atoms with Gasteiger partial charge in [-0.1, -0.05) is 13.8 Å².